The van der Waals surface area contributed by atoms with E-state index in [4.69, 9.17) is 0 Å². The van der Waals surface area contributed by atoms with Crippen LogP contribution in [0.3, 0.4) is 0 Å². The van der Waals surface area contributed by atoms with E-state index in [9.17, 15) is 0 Å². The number of fused-ring (bicyclic) bond motifs is 1. The first-order chi connectivity index (χ1) is 5.95. The normalized spacial score (nSPS) is 38.2. The van der Waals surface area contributed by atoms with Crippen molar-refractivity contribution in [2.45, 2.75) is 6.54 Å². The quantitative estimate of drug-likeness (QED) is 0.681. The Morgan fingerprint density at radius 3 is 2.92 bits per heavy atom. The summed E-state index contributed by atoms with van der Waals surface area (Å²) in [6, 6.07) is 2.00. The van der Waals surface area contributed by atoms with Crippen molar-refractivity contribution in [2.75, 3.05) is 13.1 Å². The molecular formula is C9H13N3. The Labute approximate surface area is 71.8 Å². The van der Waals surface area contributed by atoms with Gasteiger partial charge in [0.1, 0.15) is 0 Å². The van der Waals surface area contributed by atoms with Crippen molar-refractivity contribution in [1.82, 2.24) is 15.1 Å². The number of rotatable bonds is 2. The zero-order chi connectivity index (χ0) is 7.97. The van der Waals surface area contributed by atoms with Crippen LogP contribution in [0.4, 0.5) is 0 Å². The molecule has 3 nitrogen and oxygen atoms in total. The largest absolute Gasteiger partial charge is 0.316 e. The maximum absolute atomic E-state index is 4.22. The van der Waals surface area contributed by atoms with Crippen LogP contribution in [-0.2, 0) is 6.54 Å². The van der Waals surface area contributed by atoms with E-state index in [0.29, 0.717) is 0 Å². The molecule has 1 N–H and O–H groups in total. The minimum Gasteiger partial charge on any atom is -0.316 e. The first kappa shape index (κ1) is 6.66. The zero-order valence-electron chi connectivity index (χ0n) is 6.98. The molecule has 1 aromatic rings. The van der Waals surface area contributed by atoms with Gasteiger partial charge in [0.15, 0.2) is 0 Å². The Hall–Kier alpha value is -0.830. The fraction of sp³-hybridized carbons (Fsp3) is 0.667. The Morgan fingerprint density at radius 1 is 1.42 bits per heavy atom. The van der Waals surface area contributed by atoms with E-state index in [1.807, 2.05) is 12.3 Å². The molecule has 1 aliphatic carbocycles. The Balaban J connectivity index is 1.65. The standard InChI is InChI=1S/C9H13N3/c1-2-11-12(3-1)6-9-7-4-10-5-8(7)9/h1-3,7-10H,4-6H2. The summed E-state index contributed by atoms with van der Waals surface area (Å²) < 4.78 is 2.06. The summed E-state index contributed by atoms with van der Waals surface area (Å²) >= 11 is 0. The second-order valence-electron chi connectivity index (χ2n) is 3.88. The third kappa shape index (κ3) is 0.894. The van der Waals surface area contributed by atoms with Crippen LogP contribution in [0, 0.1) is 17.8 Å². The lowest BCUT2D eigenvalue weighted by molar-refractivity contribution is 0.484. The van der Waals surface area contributed by atoms with E-state index in [-0.39, 0.29) is 0 Å². The Bertz CT molecular complexity index is 257. The molecule has 64 valence electrons. The minimum absolute atomic E-state index is 0.908. The summed E-state index contributed by atoms with van der Waals surface area (Å²) in [7, 11) is 0. The summed E-state index contributed by atoms with van der Waals surface area (Å²) in [5.41, 5.74) is 0. The molecule has 0 aromatic carbocycles. The van der Waals surface area contributed by atoms with Crippen LogP contribution in [0.25, 0.3) is 0 Å². The summed E-state index contributed by atoms with van der Waals surface area (Å²) in [4.78, 5) is 0. The number of aromatic nitrogens is 2. The zero-order valence-corrected chi connectivity index (χ0v) is 6.98. The molecule has 3 rings (SSSR count). The maximum Gasteiger partial charge on any atom is 0.0489 e. The molecule has 3 heteroatoms. The molecule has 1 saturated heterocycles. The molecule has 1 aromatic heterocycles. The SMILES string of the molecule is c1cnn(CC2C3CNCC32)c1. The highest BCUT2D eigenvalue weighted by Crippen LogP contribution is 2.49. The predicted molar refractivity (Wildman–Crippen MR) is 45.6 cm³/mol. The summed E-state index contributed by atoms with van der Waals surface area (Å²) in [6.45, 7) is 3.59. The molecule has 2 aliphatic rings. The molecule has 12 heavy (non-hydrogen) atoms. The topological polar surface area (TPSA) is 29.9 Å². The van der Waals surface area contributed by atoms with Gasteiger partial charge in [0.05, 0.1) is 0 Å². The highest BCUT2D eigenvalue weighted by atomic mass is 15.3. The van der Waals surface area contributed by atoms with Crippen molar-refractivity contribution in [3.63, 3.8) is 0 Å². The van der Waals surface area contributed by atoms with Gasteiger partial charge in [-0.15, -0.1) is 0 Å². The average Bonchev–Trinajstić information content (AvgIpc) is 2.59. The van der Waals surface area contributed by atoms with Gasteiger partial charge in [-0.2, -0.15) is 5.10 Å². The monoisotopic (exact) mass is 163 g/mol. The first-order valence-corrected chi connectivity index (χ1v) is 4.63. The van der Waals surface area contributed by atoms with Gasteiger partial charge in [-0.05, 0) is 36.9 Å². The molecule has 0 radical (unpaired) electrons. The van der Waals surface area contributed by atoms with Gasteiger partial charge in [0.25, 0.3) is 0 Å². The number of piperidine rings is 1. The van der Waals surface area contributed by atoms with Crippen molar-refractivity contribution >= 4 is 0 Å². The molecule has 2 atom stereocenters. The van der Waals surface area contributed by atoms with Crippen molar-refractivity contribution in [2.24, 2.45) is 17.8 Å². The second-order valence-corrected chi connectivity index (χ2v) is 3.88. The molecule has 2 heterocycles. The molecular weight excluding hydrogens is 150 g/mol. The first-order valence-electron chi connectivity index (χ1n) is 4.63. The van der Waals surface area contributed by atoms with Gasteiger partial charge in [0, 0.05) is 18.9 Å². The van der Waals surface area contributed by atoms with Crippen LogP contribution in [0.5, 0.6) is 0 Å². The van der Waals surface area contributed by atoms with Gasteiger partial charge < -0.3 is 5.32 Å². The van der Waals surface area contributed by atoms with E-state index >= 15 is 0 Å². The molecule has 2 unspecified atom stereocenters. The number of hydrogen-bond acceptors (Lipinski definition) is 2. The van der Waals surface area contributed by atoms with Crippen molar-refractivity contribution < 1.29 is 0 Å². The van der Waals surface area contributed by atoms with Crippen molar-refractivity contribution in [3.8, 4) is 0 Å². The van der Waals surface area contributed by atoms with Gasteiger partial charge in [0.2, 0.25) is 0 Å². The Kier molecular flexibility index (Phi) is 1.29. The fourth-order valence-corrected chi connectivity index (χ4v) is 2.44. The molecule has 0 bridgehead atoms. The Morgan fingerprint density at radius 2 is 2.25 bits per heavy atom. The highest BCUT2D eigenvalue weighted by molar-refractivity contribution is 5.03. The maximum atomic E-state index is 4.22. The van der Waals surface area contributed by atoms with Crippen molar-refractivity contribution in [1.29, 1.82) is 0 Å². The van der Waals surface area contributed by atoms with Gasteiger partial charge in [-0.1, -0.05) is 0 Å². The number of hydrogen-bond donors (Lipinski definition) is 1. The van der Waals surface area contributed by atoms with Crippen LogP contribution >= 0.6 is 0 Å². The van der Waals surface area contributed by atoms with E-state index in [0.717, 1.165) is 24.3 Å². The van der Waals surface area contributed by atoms with Gasteiger partial charge in [-0.25, -0.2) is 0 Å². The fourth-order valence-electron chi connectivity index (χ4n) is 2.44. The lowest BCUT2D eigenvalue weighted by atomic mass is 10.3. The van der Waals surface area contributed by atoms with E-state index in [1.54, 1.807) is 0 Å². The summed E-state index contributed by atoms with van der Waals surface area (Å²) in [5.74, 6) is 2.81. The molecule has 2 fully saturated rings. The van der Waals surface area contributed by atoms with E-state index < -0.39 is 0 Å². The lowest BCUT2D eigenvalue weighted by Gasteiger charge is -2.03. The second kappa shape index (κ2) is 2.33. The number of nitrogens with one attached hydrogen (secondary N) is 1. The van der Waals surface area contributed by atoms with Gasteiger partial charge >= 0.3 is 0 Å². The molecule has 0 spiro atoms. The smallest absolute Gasteiger partial charge is 0.0489 e. The van der Waals surface area contributed by atoms with Crippen LogP contribution < -0.4 is 5.32 Å². The average molecular weight is 163 g/mol. The minimum atomic E-state index is 0.908. The molecule has 1 aliphatic heterocycles. The van der Waals surface area contributed by atoms with Crippen LogP contribution in [0.1, 0.15) is 0 Å². The third-order valence-corrected chi connectivity index (χ3v) is 3.23. The van der Waals surface area contributed by atoms with Crippen LogP contribution in [-0.4, -0.2) is 22.9 Å². The highest BCUT2D eigenvalue weighted by Gasteiger charge is 2.52. The van der Waals surface area contributed by atoms with Crippen LogP contribution in [0.2, 0.25) is 0 Å². The summed E-state index contributed by atoms with van der Waals surface area (Å²) in [6.07, 6.45) is 3.91. The van der Waals surface area contributed by atoms with Crippen LogP contribution in [0.15, 0.2) is 18.5 Å². The molecule has 1 saturated carbocycles. The summed E-state index contributed by atoms with van der Waals surface area (Å²) in [5, 5.41) is 7.62. The lowest BCUT2D eigenvalue weighted by Crippen LogP contribution is -2.17. The number of nitrogens with zero attached hydrogens (tertiary/aromatic N) is 2. The van der Waals surface area contributed by atoms with Gasteiger partial charge in [-0.3, -0.25) is 4.68 Å². The van der Waals surface area contributed by atoms with Crippen molar-refractivity contribution in [3.05, 3.63) is 18.5 Å². The van der Waals surface area contributed by atoms with E-state index in [2.05, 4.69) is 21.3 Å². The third-order valence-electron chi connectivity index (χ3n) is 3.23. The predicted octanol–water partition coefficient (Wildman–Crippen LogP) is 0.348. The molecule has 0 amide bonds. The van der Waals surface area contributed by atoms with E-state index in [1.165, 1.54) is 13.1 Å².